The molecule has 0 fully saturated rings. The standard InChI is InChI=1S/C10H17N3O2/c1-7(9(14)15-10(2,3)4)13-8(11)5-6-12-13/h5-7H,11H2,1-4H3. The van der Waals surface area contributed by atoms with E-state index in [2.05, 4.69) is 5.10 Å². The van der Waals surface area contributed by atoms with Crippen LogP contribution in [0.25, 0.3) is 0 Å². The maximum atomic E-state index is 11.7. The van der Waals surface area contributed by atoms with E-state index in [0.717, 1.165) is 0 Å². The molecule has 0 aromatic carbocycles. The van der Waals surface area contributed by atoms with E-state index in [1.807, 2.05) is 20.8 Å². The molecule has 0 spiro atoms. The van der Waals surface area contributed by atoms with Gasteiger partial charge in [0, 0.05) is 0 Å². The molecule has 0 aliphatic rings. The molecule has 1 aromatic heterocycles. The number of aromatic nitrogens is 2. The first-order valence-electron chi connectivity index (χ1n) is 4.83. The molecule has 1 unspecified atom stereocenters. The molecule has 0 aliphatic carbocycles. The zero-order valence-corrected chi connectivity index (χ0v) is 9.52. The number of ether oxygens (including phenoxy) is 1. The molecular formula is C10H17N3O2. The number of carbonyl (C=O) groups is 1. The van der Waals surface area contributed by atoms with Gasteiger partial charge < -0.3 is 10.5 Å². The first kappa shape index (κ1) is 11.6. The first-order valence-corrected chi connectivity index (χ1v) is 4.83. The Hall–Kier alpha value is -1.52. The highest BCUT2D eigenvalue weighted by Gasteiger charge is 2.24. The van der Waals surface area contributed by atoms with Crippen LogP contribution in [0.3, 0.4) is 0 Å². The van der Waals surface area contributed by atoms with Crippen LogP contribution < -0.4 is 5.73 Å². The molecule has 5 heteroatoms. The van der Waals surface area contributed by atoms with E-state index in [9.17, 15) is 4.79 Å². The van der Waals surface area contributed by atoms with Crippen LogP contribution in [0.2, 0.25) is 0 Å². The fourth-order valence-electron chi connectivity index (χ4n) is 1.14. The van der Waals surface area contributed by atoms with Gasteiger partial charge in [-0.25, -0.2) is 9.48 Å². The molecule has 1 rings (SSSR count). The zero-order valence-electron chi connectivity index (χ0n) is 9.52. The van der Waals surface area contributed by atoms with Crippen LogP contribution >= 0.6 is 0 Å². The highest BCUT2D eigenvalue weighted by molar-refractivity contribution is 5.74. The second kappa shape index (κ2) is 3.92. The number of anilines is 1. The Morgan fingerprint density at radius 1 is 1.60 bits per heavy atom. The predicted molar refractivity (Wildman–Crippen MR) is 57.2 cm³/mol. The van der Waals surface area contributed by atoms with Crippen LogP contribution in [0, 0.1) is 0 Å². The smallest absolute Gasteiger partial charge is 0.331 e. The van der Waals surface area contributed by atoms with Crippen molar-refractivity contribution in [1.82, 2.24) is 9.78 Å². The first-order chi connectivity index (χ1) is 6.81. The van der Waals surface area contributed by atoms with Crippen LogP contribution in [0.5, 0.6) is 0 Å². The summed E-state index contributed by atoms with van der Waals surface area (Å²) in [6, 6.07) is 1.14. The van der Waals surface area contributed by atoms with Crippen molar-refractivity contribution in [2.24, 2.45) is 0 Å². The number of nitrogens with two attached hydrogens (primary N) is 1. The predicted octanol–water partition coefficient (Wildman–Crippen LogP) is 1.37. The van der Waals surface area contributed by atoms with Crippen molar-refractivity contribution in [2.75, 3.05) is 5.73 Å². The summed E-state index contributed by atoms with van der Waals surface area (Å²) in [4.78, 5) is 11.7. The Balaban J connectivity index is 2.74. The highest BCUT2D eigenvalue weighted by atomic mass is 16.6. The van der Waals surface area contributed by atoms with Crippen LogP contribution in [-0.4, -0.2) is 21.4 Å². The Kier molecular flexibility index (Phi) is 3.02. The molecule has 0 amide bonds. The average Bonchev–Trinajstić information content (AvgIpc) is 2.47. The van der Waals surface area contributed by atoms with E-state index < -0.39 is 11.6 Å². The largest absolute Gasteiger partial charge is 0.458 e. The van der Waals surface area contributed by atoms with Crippen molar-refractivity contribution in [3.63, 3.8) is 0 Å². The lowest BCUT2D eigenvalue weighted by Crippen LogP contribution is -2.29. The third-order valence-electron chi connectivity index (χ3n) is 1.82. The van der Waals surface area contributed by atoms with E-state index in [1.165, 1.54) is 4.68 Å². The van der Waals surface area contributed by atoms with Gasteiger partial charge in [0.1, 0.15) is 17.5 Å². The SMILES string of the molecule is CC(C(=O)OC(C)(C)C)n1nccc1N. The molecule has 0 aliphatic heterocycles. The summed E-state index contributed by atoms with van der Waals surface area (Å²) in [5.74, 6) is 0.117. The Morgan fingerprint density at radius 2 is 2.20 bits per heavy atom. The number of hydrogen-bond donors (Lipinski definition) is 1. The van der Waals surface area contributed by atoms with Crippen molar-refractivity contribution >= 4 is 11.8 Å². The third kappa shape index (κ3) is 2.97. The lowest BCUT2D eigenvalue weighted by Gasteiger charge is -2.22. The third-order valence-corrected chi connectivity index (χ3v) is 1.82. The van der Waals surface area contributed by atoms with Gasteiger partial charge in [-0.15, -0.1) is 0 Å². The lowest BCUT2D eigenvalue weighted by atomic mass is 10.2. The van der Waals surface area contributed by atoms with Gasteiger partial charge >= 0.3 is 5.97 Å². The normalized spacial score (nSPS) is 13.6. The maximum absolute atomic E-state index is 11.7. The van der Waals surface area contributed by atoms with E-state index in [1.54, 1.807) is 19.2 Å². The molecule has 0 saturated heterocycles. The van der Waals surface area contributed by atoms with Crippen LogP contribution in [-0.2, 0) is 9.53 Å². The summed E-state index contributed by atoms with van der Waals surface area (Å²) in [6.45, 7) is 7.18. The summed E-state index contributed by atoms with van der Waals surface area (Å²) in [5.41, 5.74) is 5.14. The van der Waals surface area contributed by atoms with E-state index in [-0.39, 0.29) is 5.97 Å². The molecule has 84 valence electrons. The summed E-state index contributed by atoms with van der Waals surface area (Å²) in [7, 11) is 0. The number of rotatable bonds is 2. The van der Waals surface area contributed by atoms with Gasteiger partial charge in [-0.3, -0.25) is 0 Å². The summed E-state index contributed by atoms with van der Waals surface area (Å²) >= 11 is 0. The van der Waals surface area contributed by atoms with Crippen LogP contribution in [0.15, 0.2) is 12.3 Å². The van der Waals surface area contributed by atoms with E-state index in [4.69, 9.17) is 10.5 Å². The number of carbonyl (C=O) groups excluding carboxylic acids is 1. The topological polar surface area (TPSA) is 70.1 Å². The van der Waals surface area contributed by atoms with Crippen LogP contribution in [0.4, 0.5) is 5.82 Å². The van der Waals surface area contributed by atoms with Gasteiger partial charge in [0.15, 0.2) is 0 Å². The lowest BCUT2D eigenvalue weighted by molar-refractivity contribution is -0.158. The molecular weight excluding hydrogens is 194 g/mol. The van der Waals surface area contributed by atoms with Gasteiger partial charge in [-0.1, -0.05) is 0 Å². The number of nitrogens with zero attached hydrogens (tertiary/aromatic N) is 2. The van der Waals surface area contributed by atoms with Crippen molar-refractivity contribution < 1.29 is 9.53 Å². The quantitative estimate of drug-likeness (QED) is 0.750. The fraction of sp³-hybridized carbons (Fsp3) is 0.600. The van der Waals surface area contributed by atoms with Gasteiger partial charge in [0.25, 0.3) is 0 Å². The monoisotopic (exact) mass is 211 g/mol. The minimum Gasteiger partial charge on any atom is -0.458 e. The molecule has 1 aromatic rings. The summed E-state index contributed by atoms with van der Waals surface area (Å²) in [6.07, 6.45) is 1.55. The number of nitrogen functional groups attached to an aromatic ring is 1. The zero-order chi connectivity index (χ0) is 11.6. The highest BCUT2D eigenvalue weighted by Crippen LogP contribution is 2.16. The Bertz CT molecular complexity index is 352. The average molecular weight is 211 g/mol. The van der Waals surface area contributed by atoms with Gasteiger partial charge in [0.2, 0.25) is 0 Å². The molecule has 0 saturated carbocycles. The van der Waals surface area contributed by atoms with Gasteiger partial charge in [-0.05, 0) is 33.8 Å². The fourth-order valence-corrected chi connectivity index (χ4v) is 1.14. The second-order valence-electron chi connectivity index (χ2n) is 4.41. The minimum atomic E-state index is -0.501. The molecule has 5 nitrogen and oxygen atoms in total. The summed E-state index contributed by atoms with van der Waals surface area (Å²) in [5, 5.41) is 3.96. The van der Waals surface area contributed by atoms with Crippen molar-refractivity contribution in [2.45, 2.75) is 39.3 Å². The van der Waals surface area contributed by atoms with Crippen molar-refractivity contribution in [3.05, 3.63) is 12.3 Å². The molecule has 0 radical (unpaired) electrons. The van der Waals surface area contributed by atoms with E-state index >= 15 is 0 Å². The van der Waals surface area contributed by atoms with Crippen molar-refractivity contribution in [1.29, 1.82) is 0 Å². The Labute approximate surface area is 89.2 Å². The van der Waals surface area contributed by atoms with Crippen molar-refractivity contribution in [3.8, 4) is 0 Å². The van der Waals surface area contributed by atoms with Gasteiger partial charge in [-0.2, -0.15) is 5.10 Å². The van der Waals surface area contributed by atoms with E-state index in [0.29, 0.717) is 5.82 Å². The molecule has 15 heavy (non-hydrogen) atoms. The Morgan fingerprint density at radius 3 is 2.60 bits per heavy atom. The number of esters is 1. The van der Waals surface area contributed by atoms with Crippen LogP contribution in [0.1, 0.15) is 33.7 Å². The second-order valence-corrected chi connectivity index (χ2v) is 4.41. The molecule has 0 bridgehead atoms. The molecule has 1 heterocycles. The van der Waals surface area contributed by atoms with Gasteiger partial charge in [0.05, 0.1) is 6.20 Å². The maximum Gasteiger partial charge on any atom is 0.331 e. The minimum absolute atomic E-state index is 0.335. The molecule has 2 N–H and O–H groups in total. The summed E-state index contributed by atoms with van der Waals surface area (Å²) < 4.78 is 6.66. The number of hydrogen-bond acceptors (Lipinski definition) is 4. The molecule has 1 atom stereocenters.